The maximum atomic E-state index is 12.6. The van der Waals surface area contributed by atoms with Crippen LogP contribution >= 0.6 is 23.2 Å². The lowest BCUT2D eigenvalue weighted by Crippen LogP contribution is -2.34. The van der Waals surface area contributed by atoms with E-state index in [1.54, 1.807) is 31.5 Å². The standard InChI is InChI=1S/C19H18Cl2N4O2/c1-25-9-8-22-18(25)17(12-4-3-5-14(10-12)27-2)24-19(26)23-13-6-7-15(20)16(21)11-13/h3-11,17H,1-2H3,(H2,23,24,26)/t17-/m1/s1. The molecule has 0 spiro atoms. The Labute approximate surface area is 167 Å². The van der Waals surface area contributed by atoms with Crippen molar-refractivity contribution in [2.24, 2.45) is 7.05 Å². The van der Waals surface area contributed by atoms with Gasteiger partial charge in [0.1, 0.15) is 17.6 Å². The molecule has 140 valence electrons. The Morgan fingerprint density at radius 3 is 2.67 bits per heavy atom. The van der Waals surface area contributed by atoms with E-state index in [9.17, 15) is 4.79 Å². The number of ether oxygens (including phenoxy) is 1. The van der Waals surface area contributed by atoms with Gasteiger partial charge in [-0.25, -0.2) is 9.78 Å². The third kappa shape index (κ3) is 4.53. The molecule has 6 nitrogen and oxygen atoms in total. The number of hydrogen-bond acceptors (Lipinski definition) is 3. The zero-order valence-electron chi connectivity index (χ0n) is 14.7. The first-order chi connectivity index (χ1) is 13.0. The minimum absolute atomic E-state index is 0.364. The lowest BCUT2D eigenvalue weighted by Gasteiger charge is -2.20. The molecular weight excluding hydrogens is 387 g/mol. The molecule has 27 heavy (non-hydrogen) atoms. The largest absolute Gasteiger partial charge is 0.497 e. The number of nitrogens with zero attached hydrogens (tertiary/aromatic N) is 2. The van der Waals surface area contributed by atoms with Crippen molar-refractivity contribution >= 4 is 34.9 Å². The van der Waals surface area contributed by atoms with E-state index in [1.807, 2.05) is 42.1 Å². The second-order valence-electron chi connectivity index (χ2n) is 5.83. The summed E-state index contributed by atoms with van der Waals surface area (Å²) in [5.74, 6) is 1.38. The summed E-state index contributed by atoms with van der Waals surface area (Å²) in [7, 11) is 3.47. The maximum Gasteiger partial charge on any atom is 0.320 e. The van der Waals surface area contributed by atoms with Gasteiger partial charge in [-0.1, -0.05) is 35.3 Å². The molecule has 2 amide bonds. The lowest BCUT2D eigenvalue weighted by molar-refractivity contribution is 0.249. The van der Waals surface area contributed by atoms with Crippen LogP contribution < -0.4 is 15.4 Å². The molecule has 0 bridgehead atoms. The van der Waals surface area contributed by atoms with Crippen molar-refractivity contribution in [3.63, 3.8) is 0 Å². The molecule has 8 heteroatoms. The van der Waals surface area contributed by atoms with Gasteiger partial charge in [-0.2, -0.15) is 0 Å². The summed E-state index contributed by atoms with van der Waals surface area (Å²) in [5.41, 5.74) is 1.37. The van der Waals surface area contributed by atoms with E-state index in [1.165, 1.54) is 0 Å². The van der Waals surface area contributed by atoms with Crippen LogP contribution in [-0.4, -0.2) is 22.7 Å². The van der Waals surface area contributed by atoms with Gasteiger partial charge in [-0.3, -0.25) is 0 Å². The molecule has 1 heterocycles. The van der Waals surface area contributed by atoms with E-state index in [0.29, 0.717) is 27.3 Å². The molecule has 0 aliphatic rings. The summed E-state index contributed by atoms with van der Waals surface area (Å²) in [5, 5.41) is 6.49. The molecule has 0 unspecified atom stereocenters. The molecule has 1 aromatic heterocycles. The summed E-state index contributed by atoms with van der Waals surface area (Å²) >= 11 is 11.9. The van der Waals surface area contributed by atoms with E-state index in [2.05, 4.69) is 15.6 Å². The number of carbonyl (C=O) groups excluding carboxylic acids is 1. The highest BCUT2D eigenvalue weighted by molar-refractivity contribution is 6.42. The number of methoxy groups -OCH3 is 1. The number of carbonyl (C=O) groups is 1. The fourth-order valence-electron chi connectivity index (χ4n) is 2.65. The van der Waals surface area contributed by atoms with Gasteiger partial charge in [0.05, 0.1) is 17.2 Å². The van der Waals surface area contributed by atoms with Crippen molar-refractivity contribution in [1.29, 1.82) is 0 Å². The fraction of sp³-hybridized carbons (Fsp3) is 0.158. The average Bonchev–Trinajstić information content (AvgIpc) is 3.08. The number of rotatable bonds is 5. The molecule has 1 atom stereocenters. The van der Waals surface area contributed by atoms with Gasteiger partial charge in [-0.05, 0) is 35.9 Å². The zero-order valence-corrected chi connectivity index (χ0v) is 16.3. The van der Waals surface area contributed by atoms with Gasteiger partial charge in [0, 0.05) is 25.1 Å². The molecule has 3 aromatic rings. The van der Waals surface area contributed by atoms with E-state index in [4.69, 9.17) is 27.9 Å². The van der Waals surface area contributed by atoms with E-state index in [-0.39, 0.29) is 0 Å². The van der Waals surface area contributed by atoms with Crippen LogP contribution in [0.2, 0.25) is 10.0 Å². The Morgan fingerprint density at radius 2 is 2.00 bits per heavy atom. The number of anilines is 1. The molecule has 0 saturated heterocycles. The summed E-state index contributed by atoms with van der Waals surface area (Å²) in [6.07, 6.45) is 3.50. The first kappa shape index (κ1) is 19.1. The second kappa shape index (κ2) is 8.33. The predicted molar refractivity (Wildman–Crippen MR) is 107 cm³/mol. The van der Waals surface area contributed by atoms with Crippen LogP contribution in [0.1, 0.15) is 17.4 Å². The Morgan fingerprint density at radius 1 is 1.19 bits per heavy atom. The number of urea groups is 1. The van der Waals surface area contributed by atoms with Crippen molar-refractivity contribution in [2.75, 3.05) is 12.4 Å². The van der Waals surface area contributed by atoms with Crippen molar-refractivity contribution in [1.82, 2.24) is 14.9 Å². The average molecular weight is 405 g/mol. The third-order valence-electron chi connectivity index (χ3n) is 4.00. The van der Waals surface area contributed by atoms with Crippen LogP contribution in [0.25, 0.3) is 0 Å². The predicted octanol–water partition coefficient (Wildman–Crippen LogP) is 4.65. The molecule has 0 radical (unpaired) electrons. The van der Waals surface area contributed by atoms with Crippen LogP contribution in [0.4, 0.5) is 10.5 Å². The highest BCUT2D eigenvalue weighted by Gasteiger charge is 2.21. The Bertz CT molecular complexity index is 958. The highest BCUT2D eigenvalue weighted by Crippen LogP contribution is 2.26. The molecule has 0 fully saturated rings. The Kier molecular flexibility index (Phi) is 5.88. The van der Waals surface area contributed by atoms with Crippen LogP contribution in [-0.2, 0) is 7.05 Å². The van der Waals surface area contributed by atoms with Gasteiger partial charge >= 0.3 is 6.03 Å². The van der Waals surface area contributed by atoms with Crippen LogP contribution in [0.15, 0.2) is 54.9 Å². The van der Waals surface area contributed by atoms with Gasteiger partial charge in [-0.15, -0.1) is 0 Å². The van der Waals surface area contributed by atoms with Gasteiger partial charge in [0.2, 0.25) is 0 Å². The van der Waals surface area contributed by atoms with Gasteiger partial charge in [0.25, 0.3) is 0 Å². The molecular formula is C19H18Cl2N4O2. The summed E-state index contributed by atoms with van der Waals surface area (Å²) in [6.45, 7) is 0. The van der Waals surface area contributed by atoms with E-state index >= 15 is 0 Å². The monoisotopic (exact) mass is 404 g/mol. The fourth-order valence-corrected chi connectivity index (χ4v) is 2.94. The van der Waals surface area contributed by atoms with E-state index in [0.717, 1.165) is 5.56 Å². The number of imidazole rings is 1. The molecule has 3 rings (SSSR count). The third-order valence-corrected chi connectivity index (χ3v) is 4.74. The number of aryl methyl sites for hydroxylation is 1. The first-order valence-corrected chi connectivity index (χ1v) is 8.87. The number of hydrogen-bond donors (Lipinski definition) is 2. The number of halogens is 2. The number of amides is 2. The first-order valence-electron chi connectivity index (χ1n) is 8.11. The van der Waals surface area contributed by atoms with Crippen molar-refractivity contribution in [3.05, 3.63) is 76.3 Å². The van der Waals surface area contributed by atoms with Crippen molar-refractivity contribution < 1.29 is 9.53 Å². The number of benzene rings is 2. The van der Waals surface area contributed by atoms with Crippen molar-refractivity contribution in [2.45, 2.75) is 6.04 Å². The Balaban J connectivity index is 1.85. The molecule has 0 saturated carbocycles. The highest BCUT2D eigenvalue weighted by atomic mass is 35.5. The summed E-state index contributed by atoms with van der Waals surface area (Å²) < 4.78 is 7.15. The minimum Gasteiger partial charge on any atom is -0.497 e. The van der Waals surface area contributed by atoms with Crippen LogP contribution in [0.3, 0.4) is 0 Å². The van der Waals surface area contributed by atoms with Crippen molar-refractivity contribution in [3.8, 4) is 5.75 Å². The second-order valence-corrected chi connectivity index (χ2v) is 6.65. The summed E-state index contributed by atoms with van der Waals surface area (Å²) in [4.78, 5) is 17.0. The zero-order chi connectivity index (χ0) is 19.4. The van der Waals surface area contributed by atoms with E-state index < -0.39 is 12.1 Å². The topological polar surface area (TPSA) is 68.2 Å². The molecule has 2 N–H and O–H groups in total. The number of aromatic nitrogens is 2. The maximum absolute atomic E-state index is 12.6. The lowest BCUT2D eigenvalue weighted by atomic mass is 10.1. The van der Waals surface area contributed by atoms with Crippen LogP contribution in [0, 0.1) is 0 Å². The quantitative estimate of drug-likeness (QED) is 0.650. The molecule has 0 aliphatic heterocycles. The summed E-state index contributed by atoms with van der Waals surface area (Å²) in [6, 6.07) is 11.5. The normalized spacial score (nSPS) is 11.7. The SMILES string of the molecule is COc1cccc([C@@H](NC(=O)Nc2ccc(Cl)c(Cl)c2)c2nccn2C)c1. The molecule has 0 aliphatic carbocycles. The van der Waals surface area contributed by atoms with Gasteiger partial charge < -0.3 is 19.9 Å². The van der Waals surface area contributed by atoms with Gasteiger partial charge in [0.15, 0.2) is 0 Å². The minimum atomic E-state index is -0.470. The smallest absolute Gasteiger partial charge is 0.320 e. The Hall–Kier alpha value is -2.70. The molecule has 2 aromatic carbocycles. The van der Waals surface area contributed by atoms with Crippen LogP contribution in [0.5, 0.6) is 5.75 Å². The number of nitrogens with one attached hydrogen (secondary N) is 2.